The molecule has 2 unspecified atom stereocenters. The van der Waals surface area contributed by atoms with E-state index < -0.39 is 12.1 Å². The number of carbonyl (C=O) groups is 2. The Morgan fingerprint density at radius 1 is 0.409 bits per heavy atom. The van der Waals surface area contributed by atoms with Crippen LogP contribution in [0.25, 0.3) is 0 Å². The molecule has 0 rings (SSSR count). The summed E-state index contributed by atoms with van der Waals surface area (Å²) in [5, 5.41) is 23.2. The number of aliphatic hydroxyl groups is 2. The molecule has 0 spiro atoms. The molecule has 0 aliphatic carbocycles. The van der Waals surface area contributed by atoms with E-state index in [9.17, 15) is 19.8 Å². The molecule has 0 radical (unpaired) electrons. The van der Waals surface area contributed by atoms with E-state index in [1.54, 1.807) is 6.08 Å². The van der Waals surface area contributed by atoms with Crippen LogP contribution in [0.15, 0.2) is 12.2 Å². The van der Waals surface area contributed by atoms with Gasteiger partial charge < -0.3 is 20.3 Å². The lowest BCUT2D eigenvalue weighted by Crippen LogP contribution is -2.45. The van der Waals surface area contributed by atoms with Crippen molar-refractivity contribution in [2.45, 2.75) is 347 Å². The minimum Gasteiger partial charge on any atom is -0.466 e. The number of hydrogen-bond acceptors (Lipinski definition) is 5. The standard InChI is InChI=1S/C60H117NO5/c1-3-5-7-9-11-13-15-17-19-21-22-24-28-32-36-40-44-48-52-58(63)57(56-62)61-59(64)53-49-45-41-37-33-29-25-23-27-31-35-39-43-47-51-55-66-60(65)54-50-46-42-38-34-30-26-20-18-16-14-12-10-8-6-4-2/h48,52,57-58,62-63H,3-47,49-51,53-56H2,1-2H3,(H,61,64)/b52-48+. The summed E-state index contributed by atoms with van der Waals surface area (Å²) in [6.45, 7) is 4.92. The topological polar surface area (TPSA) is 95.9 Å². The highest BCUT2D eigenvalue weighted by Crippen LogP contribution is 2.18. The highest BCUT2D eigenvalue weighted by Gasteiger charge is 2.18. The van der Waals surface area contributed by atoms with E-state index in [2.05, 4.69) is 19.2 Å². The van der Waals surface area contributed by atoms with Crippen molar-refractivity contribution in [3.05, 3.63) is 12.2 Å². The fourth-order valence-corrected chi connectivity index (χ4v) is 9.46. The van der Waals surface area contributed by atoms with E-state index in [4.69, 9.17) is 4.74 Å². The Bertz CT molecular complexity index is 986. The predicted octanol–water partition coefficient (Wildman–Crippen LogP) is 18.5. The summed E-state index contributed by atoms with van der Waals surface area (Å²) in [6, 6.07) is -0.634. The molecule has 0 aromatic rings. The molecular weight excluding hydrogens is 815 g/mol. The van der Waals surface area contributed by atoms with Crippen molar-refractivity contribution in [3.8, 4) is 0 Å². The SMILES string of the molecule is CCCCCCCCCCCCCCCCCC/C=C/C(O)C(CO)NC(=O)CCCCCCCCCCCCCCCCCOC(=O)CCCCCCCCCCCCCCCCCC. The van der Waals surface area contributed by atoms with E-state index in [-0.39, 0.29) is 18.5 Å². The minimum absolute atomic E-state index is 0.00376. The van der Waals surface area contributed by atoms with Gasteiger partial charge in [-0.15, -0.1) is 0 Å². The molecule has 0 aliphatic rings. The van der Waals surface area contributed by atoms with Gasteiger partial charge in [0.15, 0.2) is 0 Å². The Morgan fingerprint density at radius 3 is 1.03 bits per heavy atom. The molecule has 6 nitrogen and oxygen atoms in total. The number of ether oxygens (including phenoxy) is 1. The number of amides is 1. The third-order valence-electron chi connectivity index (χ3n) is 14.1. The number of rotatable bonds is 56. The van der Waals surface area contributed by atoms with Crippen molar-refractivity contribution < 1.29 is 24.5 Å². The van der Waals surface area contributed by atoms with Crippen molar-refractivity contribution in [3.63, 3.8) is 0 Å². The van der Waals surface area contributed by atoms with Crippen LogP contribution in [0.1, 0.15) is 335 Å². The molecule has 1 amide bonds. The summed E-state index contributed by atoms with van der Waals surface area (Å²) in [6.07, 6.45) is 66.6. The first kappa shape index (κ1) is 64.6. The number of allylic oxidation sites excluding steroid dienone is 1. The van der Waals surface area contributed by atoms with Crippen molar-refractivity contribution in [1.29, 1.82) is 0 Å². The number of carbonyl (C=O) groups excluding carboxylic acids is 2. The molecule has 0 bridgehead atoms. The second-order valence-corrected chi connectivity index (χ2v) is 20.7. The molecule has 392 valence electrons. The van der Waals surface area contributed by atoms with E-state index in [1.807, 2.05) is 6.08 Å². The summed E-state index contributed by atoms with van der Waals surface area (Å²) >= 11 is 0. The summed E-state index contributed by atoms with van der Waals surface area (Å²) in [4.78, 5) is 24.5. The summed E-state index contributed by atoms with van der Waals surface area (Å²) in [5.41, 5.74) is 0. The monoisotopic (exact) mass is 932 g/mol. The third kappa shape index (κ3) is 52.0. The maximum Gasteiger partial charge on any atom is 0.305 e. The van der Waals surface area contributed by atoms with Crippen molar-refractivity contribution >= 4 is 11.9 Å². The lowest BCUT2D eigenvalue weighted by molar-refractivity contribution is -0.143. The molecule has 0 fully saturated rings. The number of aliphatic hydroxyl groups excluding tert-OH is 2. The molecule has 3 N–H and O–H groups in total. The van der Waals surface area contributed by atoms with E-state index in [0.717, 1.165) is 44.9 Å². The van der Waals surface area contributed by atoms with Gasteiger partial charge in [-0.2, -0.15) is 0 Å². The minimum atomic E-state index is -0.850. The van der Waals surface area contributed by atoms with Gasteiger partial charge in [0, 0.05) is 12.8 Å². The Kier molecular flexibility index (Phi) is 55.0. The predicted molar refractivity (Wildman–Crippen MR) is 287 cm³/mol. The van der Waals surface area contributed by atoms with Crippen LogP contribution in [-0.2, 0) is 14.3 Å². The van der Waals surface area contributed by atoms with Crippen LogP contribution in [0.5, 0.6) is 0 Å². The van der Waals surface area contributed by atoms with E-state index in [0.29, 0.717) is 19.4 Å². The fraction of sp³-hybridized carbons (Fsp3) is 0.933. The number of esters is 1. The molecule has 0 aromatic heterocycles. The van der Waals surface area contributed by atoms with Crippen molar-refractivity contribution in [2.24, 2.45) is 0 Å². The van der Waals surface area contributed by atoms with Gasteiger partial charge in [0.05, 0.1) is 25.4 Å². The summed E-state index contributed by atoms with van der Waals surface area (Å²) in [5.74, 6) is -0.0695. The fourth-order valence-electron chi connectivity index (χ4n) is 9.46. The average Bonchev–Trinajstić information content (AvgIpc) is 3.32. The Labute approximate surface area is 412 Å². The third-order valence-corrected chi connectivity index (χ3v) is 14.1. The van der Waals surface area contributed by atoms with Gasteiger partial charge in [-0.25, -0.2) is 0 Å². The zero-order valence-electron chi connectivity index (χ0n) is 44.7. The van der Waals surface area contributed by atoms with Gasteiger partial charge in [-0.05, 0) is 32.1 Å². The summed E-state index contributed by atoms with van der Waals surface area (Å²) in [7, 11) is 0. The van der Waals surface area contributed by atoms with Gasteiger partial charge in [0.1, 0.15) is 0 Å². The van der Waals surface area contributed by atoms with Crippen LogP contribution >= 0.6 is 0 Å². The Morgan fingerprint density at radius 2 is 0.697 bits per heavy atom. The maximum atomic E-state index is 12.5. The molecule has 0 aromatic carbocycles. The smallest absolute Gasteiger partial charge is 0.305 e. The Hall–Kier alpha value is -1.40. The molecule has 66 heavy (non-hydrogen) atoms. The van der Waals surface area contributed by atoms with Gasteiger partial charge in [-0.3, -0.25) is 9.59 Å². The quantitative estimate of drug-likeness (QED) is 0.0321. The molecule has 0 saturated carbocycles. The number of unbranched alkanes of at least 4 members (excludes halogenated alkanes) is 45. The lowest BCUT2D eigenvalue weighted by Gasteiger charge is -2.20. The first-order valence-electron chi connectivity index (χ1n) is 30.0. The molecule has 6 heteroatoms. The summed E-state index contributed by atoms with van der Waals surface area (Å²) < 4.78 is 5.48. The highest BCUT2D eigenvalue weighted by molar-refractivity contribution is 5.76. The number of hydrogen-bond donors (Lipinski definition) is 3. The van der Waals surface area contributed by atoms with Crippen LogP contribution in [0.4, 0.5) is 0 Å². The van der Waals surface area contributed by atoms with Crippen molar-refractivity contribution in [2.75, 3.05) is 13.2 Å². The number of nitrogens with one attached hydrogen (secondary N) is 1. The normalized spacial score (nSPS) is 12.6. The van der Waals surface area contributed by atoms with Crippen LogP contribution in [0, 0.1) is 0 Å². The lowest BCUT2D eigenvalue weighted by atomic mass is 10.0. The zero-order valence-corrected chi connectivity index (χ0v) is 44.7. The molecule has 0 saturated heterocycles. The van der Waals surface area contributed by atoms with Gasteiger partial charge in [0.25, 0.3) is 0 Å². The molecule has 0 aliphatic heterocycles. The van der Waals surface area contributed by atoms with Crippen LogP contribution < -0.4 is 5.32 Å². The Balaban J connectivity index is 3.44. The van der Waals surface area contributed by atoms with Gasteiger partial charge in [-0.1, -0.05) is 302 Å². The van der Waals surface area contributed by atoms with E-state index in [1.165, 1.54) is 263 Å². The zero-order chi connectivity index (χ0) is 47.9. The maximum absolute atomic E-state index is 12.5. The van der Waals surface area contributed by atoms with Gasteiger partial charge in [0.2, 0.25) is 5.91 Å². The van der Waals surface area contributed by atoms with Crippen LogP contribution in [0.3, 0.4) is 0 Å². The first-order valence-corrected chi connectivity index (χ1v) is 30.0. The first-order chi connectivity index (χ1) is 32.5. The average molecular weight is 933 g/mol. The van der Waals surface area contributed by atoms with Gasteiger partial charge >= 0.3 is 5.97 Å². The molecule has 0 heterocycles. The van der Waals surface area contributed by atoms with E-state index >= 15 is 0 Å². The van der Waals surface area contributed by atoms with Crippen molar-refractivity contribution in [1.82, 2.24) is 5.32 Å². The largest absolute Gasteiger partial charge is 0.466 e. The van der Waals surface area contributed by atoms with Crippen LogP contribution in [0.2, 0.25) is 0 Å². The molecule has 2 atom stereocenters. The second kappa shape index (κ2) is 56.2. The van der Waals surface area contributed by atoms with Crippen LogP contribution in [-0.4, -0.2) is 47.4 Å². The highest BCUT2D eigenvalue weighted by atomic mass is 16.5. The molecular formula is C60H117NO5. The second-order valence-electron chi connectivity index (χ2n) is 20.7.